The van der Waals surface area contributed by atoms with E-state index < -0.39 is 35.8 Å². The molecule has 3 atom stereocenters. The molecule has 53 heavy (non-hydrogen) atoms. The number of aromatic hydroxyl groups is 2. The van der Waals surface area contributed by atoms with E-state index in [1.807, 2.05) is 0 Å². The average molecular weight is 736 g/mol. The minimum Gasteiger partial charge on any atom is -0.507 e. The lowest BCUT2D eigenvalue weighted by molar-refractivity contribution is -0.122. The van der Waals surface area contributed by atoms with Crippen LogP contribution in [0.5, 0.6) is 40.2 Å². The number of hydrogen-bond acceptors (Lipinski definition) is 12. The first-order valence-electron chi connectivity index (χ1n) is 17.5. The van der Waals surface area contributed by atoms with E-state index in [9.17, 15) is 29.7 Å². The summed E-state index contributed by atoms with van der Waals surface area (Å²) >= 11 is 0. The highest BCUT2D eigenvalue weighted by atomic mass is 16.5. The Labute approximate surface area is 309 Å². The van der Waals surface area contributed by atoms with Gasteiger partial charge in [0.15, 0.2) is 11.5 Å². The van der Waals surface area contributed by atoms with Crippen molar-refractivity contribution in [2.75, 3.05) is 41.6 Å². The van der Waals surface area contributed by atoms with Crippen LogP contribution in [0.2, 0.25) is 0 Å². The van der Waals surface area contributed by atoms with E-state index in [4.69, 9.17) is 28.4 Å². The van der Waals surface area contributed by atoms with Gasteiger partial charge in [-0.2, -0.15) is 0 Å². The number of cyclic esters (lactones) is 1. The molecule has 0 bridgehead atoms. The van der Waals surface area contributed by atoms with Crippen molar-refractivity contribution in [2.45, 2.75) is 70.0 Å². The molecule has 13 nitrogen and oxygen atoms in total. The lowest BCUT2D eigenvalue weighted by atomic mass is 9.84. The molecular formula is C40H49NO12. The molecule has 1 aliphatic heterocycles. The Morgan fingerprint density at radius 2 is 1.58 bits per heavy atom. The number of methoxy groups -OCH3 is 4. The molecule has 1 heterocycles. The number of aliphatic hydroxyl groups is 1. The summed E-state index contributed by atoms with van der Waals surface area (Å²) in [5.41, 5.74) is 0.295. The number of phenols is 2. The van der Waals surface area contributed by atoms with Gasteiger partial charge in [-0.25, -0.2) is 4.79 Å². The average Bonchev–Trinajstić information content (AvgIpc) is 3.14. The van der Waals surface area contributed by atoms with Gasteiger partial charge in [-0.05, 0) is 86.2 Å². The van der Waals surface area contributed by atoms with Crippen LogP contribution in [-0.2, 0) is 14.3 Å². The number of esters is 1. The molecule has 3 aromatic carbocycles. The van der Waals surface area contributed by atoms with Crippen molar-refractivity contribution in [3.8, 4) is 40.2 Å². The molecule has 0 saturated carbocycles. The van der Waals surface area contributed by atoms with Crippen LogP contribution in [0.15, 0.2) is 48.5 Å². The number of allylic oxidation sites excluding steroid dienone is 1. The van der Waals surface area contributed by atoms with Crippen molar-refractivity contribution >= 4 is 23.7 Å². The minimum atomic E-state index is -1.07. The van der Waals surface area contributed by atoms with Gasteiger partial charge in [0.05, 0.1) is 34.5 Å². The van der Waals surface area contributed by atoms with E-state index in [-0.39, 0.29) is 65.0 Å². The lowest BCUT2D eigenvalue weighted by Crippen LogP contribution is -2.36. The third-order valence-electron chi connectivity index (χ3n) is 8.92. The van der Waals surface area contributed by atoms with E-state index in [0.717, 1.165) is 0 Å². The van der Waals surface area contributed by atoms with Crippen LogP contribution in [0.3, 0.4) is 0 Å². The van der Waals surface area contributed by atoms with Crippen molar-refractivity contribution in [3.05, 3.63) is 70.8 Å². The smallest absolute Gasteiger partial charge is 0.342 e. The third kappa shape index (κ3) is 10.8. The quantitative estimate of drug-likeness (QED) is 0.158. The summed E-state index contributed by atoms with van der Waals surface area (Å²) < 4.78 is 33.1. The number of ketones is 1. The number of hydrogen-bond donors (Lipinski definition) is 4. The zero-order chi connectivity index (χ0) is 38.5. The van der Waals surface area contributed by atoms with Gasteiger partial charge in [0.2, 0.25) is 11.7 Å². The van der Waals surface area contributed by atoms with E-state index >= 15 is 0 Å². The van der Waals surface area contributed by atoms with Crippen molar-refractivity contribution in [1.82, 2.24) is 5.32 Å². The highest BCUT2D eigenvalue weighted by molar-refractivity contribution is 5.98. The molecular weight excluding hydrogens is 686 g/mol. The van der Waals surface area contributed by atoms with Crippen molar-refractivity contribution in [1.29, 1.82) is 0 Å². The molecule has 0 saturated heterocycles. The second-order valence-corrected chi connectivity index (χ2v) is 12.7. The fourth-order valence-corrected chi connectivity index (χ4v) is 6.12. The van der Waals surface area contributed by atoms with E-state index in [1.165, 1.54) is 27.4 Å². The summed E-state index contributed by atoms with van der Waals surface area (Å²) in [5, 5.41) is 36.8. The zero-order valence-corrected chi connectivity index (χ0v) is 30.8. The summed E-state index contributed by atoms with van der Waals surface area (Å²) in [6.45, 7) is 1.43. The fraction of sp³-hybridized carbons (Fsp3) is 0.425. The number of carbonyl (C=O) groups is 3. The maximum atomic E-state index is 13.7. The van der Waals surface area contributed by atoms with Crippen LogP contribution in [0.1, 0.15) is 84.8 Å². The summed E-state index contributed by atoms with van der Waals surface area (Å²) in [7, 11) is 5.85. The minimum absolute atomic E-state index is 0.110. The number of benzene rings is 3. The van der Waals surface area contributed by atoms with E-state index in [1.54, 1.807) is 62.6 Å². The van der Waals surface area contributed by atoms with Gasteiger partial charge in [-0.15, -0.1) is 0 Å². The molecule has 1 aliphatic rings. The highest BCUT2D eigenvalue weighted by Gasteiger charge is 2.32. The first kappa shape index (κ1) is 40.3. The second-order valence-electron chi connectivity index (χ2n) is 12.7. The van der Waals surface area contributed by atoms with Gasteiger partial charge in [0, 0.05) is 37.3 Å². The van der Waals surface area contributed by atoms with Crippen LogP contribution < -0.4 is 29.0 Å². The summed E-state index contributed by atoms with van der Waals surface area (Å²) in [6.07, 6.45) is 4.31. The predicted molar refractivity (Wildman–Crippen MR) is 196 cm³/mol. The third-order valence-corrected chi connectivity index (χ3v) is 8.92. The Bertz CT molecular complexity index is 1730. The van der Waals surface area contributed by atoms with Crippen LogP contribution in [0.4, 0.5) is 0 Å². The number of phenolic OH excluding ortho intramolecular Hbond substituents is 2. The summed E-state index contributed by atoms with van der Waals surface area (Å²) in [6, 6.07) is 11.3. The molecule has 0 aliphatic carbocycles. The van der Waals surface area contributed by atoms with Crippen LogP contribution in [0.25, 0.3) is 6.08 Å². The normalized spacial score (nSPS) is 16.3. The monoisotopic (exact) mass is 735 g/mol. The number of amides is 1. The number of rotatable bonds is 13. The topological polar surface area (TPSA) is 179 Å². The van der Waals surface area contributed by atoms with Gasteiger partial charge >= 0.3 is 5.97 Å². The van der Waals surface area contributed by atoms with Gasteiger partial charge in [-0.3, -0.25) is 9.59 Å². The zero-order valence-electron chi connectivity index (χ0n) is 30.8. The Morgan fingerprint density at radius 1 is 0.925 bits per heavy atom. The molecule has 3 aromatic rings. The summed E-state index contributed by atoms with van der Waals surface area (Å²) in [5.74, 6) is -1.31. The fourth-order valence-electron chi connectivity index (χ4n) is 6.12. The SMILES string of the molecule is COc1ccc(OCC(O)CNC(=O)CC(c2cc(OC)c(OC)c(OC)c2)c2c(O)cc3c(c2O)C(=O)O[C@@H](C)CCCC(=O)CCCC=C3)cc1. The molecule has 0 spiro atoms. The Kier molecular flexibility index (Phi) is 14.8. The molecule has 0 radical (unpaired) electrons. The number of Topliss-reactive ketones (excluding diaryl/α,β-unsaturated/α-hetero) is 1. The van der Waals surface area contributed by atoms with E-state index in [2.05, 4.69) is 5.32 Å². The van der Waals surface area contributed by atoms with Crippen molar-refractivity contribution in [2.24, 2.45) is 0 Å². The molecule has 4 N–H and O–H groups in total. The summed E-state index contributed by atoms with van der Waals surface area (Å²) in [4.78, 5) is 39.5. The van der Waals surface area contributed by atoms with E-state index in [0.29, 0.717) is 55.6 Å². The standard InChI is InChI=1S/C40H49NO12/c1-24-10-9-13-27(42)12-8-6-7-11-25-18-32(44)37(38(46)36(25)40(47)53-24)31(26-19-33(49-3)39(51-5)34(20-26)50-4)21-35(45)41-22-28(43)23-52-30-16-14-29(48-2)15-17-30/h7,11,14-20,24,28,31,43-44,46H,6,8-10,12-13,21-23H2,1-5H3,(H,41,45)/t24-,28?,31?/m0/s1. The van der Waals surface area contributed by atoms with Gasteiger partial charge in [-0.1, -0.05) is 12.2 Å². The molecule has 13 heteroatoms. The number of fused-ring (bicyclic) bond motifs is 1. The molecule has 0 fully saturated rings. The maximum absolute atomic E-state index is 13.7. The van der Waals surface area contributed by atoms with Gasteiger partial charge in [0.25, 0.3) is 0 Å². The molecule has 2 unspecified atom stereocenters. The Morgan fingerprint density at radius 3 is 2.23 bits per heavy atom. The number of ether oxygens (including phenoxy) is 6. The predicted octanol–water partition coefficient (Wildman–Crippen LogP) is 5.69. The lowest BCUT2D eigenvalue weighted by Gasteiger charge is -2.24. The van der Waals surface area contributed by atoms with Crippen LogP contribution in [0, 0.1) is 0 Å². The second kappa shape index (κ2) is 19.4. The number of nitrogens with one attached hydrogen (secondary N) is 1. The number of aliphatic hydroxyl groups excluding tert-OH is 1. The van der Waals surface area contributed by atoms with Crippen molar-refractivity contribution < 1.29 is 58.1 Å². The largest absolute Gasteiger partial charge is 0.507 e. The van der Waals surface area contributed by atoms with Crippen LogP contribution in [-0.4, -0.2) is 86.8 Å². The first-order valence-corrected chi connectivity index (χ1v) is 17.5. The van der Waals surface area contributed by atoms with Crippen molar-refractivity contribution in [3.63, 3.8) is 0 Å². The first-order chi connectivity index (χ1) is 25.5. The molecule has 1 amide bonds. The van der Waals surface area contributed by atoms with Gasteiger partial charge < -0.3 is 49.1 Å². The molecule has 0 aromatic heterocycles. The molecule has 4 rings (SSSR count). The Hall–Kier alpha value is -5.43. The highest BCUT2D eigenvalue weighted by Crippen LogP contribution is 2.47. The van der Waals surface area contributed by atoms with Gasteiger partial charge in [0.1, 0.15) is 47.1 Å². The number of carbonyl (C=O) groups excluding carboxylic acids is 3. The molecule has 286 valence electrons. The maximum Gasteiger partial charge on any atom is 0.342 e. The Balaban J connectivity index is 1.71. The van der Waals surface area contributed by atoms with Crippen LogP contribution >= 0.6 is 0 Å².